The van der Waals surface area contributed by atoms with E-state index in [1.54, 1.807) is 24.3 Å². The van der Waals surface area contributed by atoms with E-state index in [9.17, 15) is 9.59 Å². The van der Waals surface area contributed by atoms with Gasteiger partial charge in [0.1, 0.15) is 0 Å². The number of benzene rings is 1. The molecule has 0 radical (unpaired) electrons. The summed E-state index contributed by atoms with van der Waals surface area (Å²) in [6.07, 6.45) is 0. The number of amides is 2. The van der Waals surface area contributed by atoms with Crippen molar-refractivity contribution in [2.75, 3.05) is 6.54 Å². The topological polar surface area (TPSA) is 63.1 Å². The molecule has 0 saturated carbocycles. The van der Waals surface area contributed by atoms with Crippen LogP contribution in [0.25, 0.3) is 0 Å². The third kappa shape index (κ3) is 4.11. The fourth-order valence-electron chi connectivity index (χ4n) is 1.99. The molecule has 2 N–H and O–H groups in total. The highest BCUT2D eigenvalue weighted by molar-refractivity contribution is 6.30. The molecular weight excluding hydrogens is 302 g/mol. The molecule has 5 nitrogen and oxygen atoms in total. The molecule has 2 amide bonds. The molecule has 0 aliphatic carbocycles. The molecule has 2 rings (SSSR count). The Hall–Kier alpha value is -2.27. The smallest absolute Gasteiger partial charge is 0.251 e. The van der Waals surface area contributed by atoms with Gasteiger partial charge in [0.2, 0.25) is 5.91 Å². The lowest BCUT2D eigenvalue weighted by atomic mass is 10.2. The average Bonchev–Trinajstić information content (AvgIpc) is 2.82. The summed E-state index contributed by atoms with van der Waals surface area (Å²) in [7, 11) is 1.94. The summed E-state index contributed by atoms with van der Waals surface area (Å²) in [6, 6.07) is 10.5. The van der Waals surface area contributed by atoms with Crippen molar-refractivity contribution in [3.8, 4) is 0 Å². The van der Waals surface area contributed by atoms with Crippen LogP contribution in [0.15, 0.2) is 36.4 Å². The lowest BCUT2D eigenvalue weighted by Crippen LogP contribution is -2.36. The summed E-state index contributed by atoms with van der Waals surface area (Å²) < 4.78 is 2.00. The number of halogens is 1. The lowest BCUT2D eigenvalue weighted by molar-refractivity contribution is -0.120. The zero-order valence-corrected chi connectivity index (χ0v) is 13.3. The van der Waals surface area contributed by atoms with Gasteiger partial charge in [0.05, 0.1) is 13.1 Å². The zero-order chi connectivity index (χ0) is 16.1. The van der Waals surface area contributed by atoms with Crippen LogP contribution in [0, 0.1) is 6.92 Å². The summed E-state index contributed by atoms with van der Waals surface area (Å²) in [4.78, 5) is 23.7. The maximum atomic E-state index is 11.9. The molecule has 6 heteroatoms. The van der Waals surface area contributed by atoms with Crippen molar-refractivity contribution >= 4 is 23.4 Å². The van der Waals surface area contributed by atoms with E-state index in [1.807, 2.05) is 30.7 Å². The van der Waals surface area contributed by atoms with Crippen LogP contribution in [-0.4, -0.2) is 22.9 Å². The molecule has 1 aromatic heterocycles. The maximum Gasteiger partial charge on any atom is 0.251 e. The minimum absolute atomic E-state index is 0.0747. The minimum Gasteiger partial charge on any atom is -0.350 e. The molecule has 0 unspecified atom stereocenters. The van der Waals surface area contributed by atoms with Gasteiger partial charge >= 0.3 is 0 Å². The Balaban J connectivity index is 1.80. The molecular formula is C16H18ClN3O2. The van der Waals surface area contributed by atoms with Crippen molar-refractivity contribution < 1.29 is 9.59 Å². The second-order valence-electron chi connectivity index (χ2n) is 4.99. The van der Waals surface area contributed by atoms with Gasteiger partial charge < -0.3 is 15.2 Å². The second-order valence-corrected chi connectivity index (χ2v) is 5.43. The van der Waals surface area contributed by atoms with E-state index in [4.69, 9.17) is 11.6 Å². The third-order valence-electron chi connectivity index (χ3n) is 3.44. The van der Waals surface area contributed by atoms with Gasteiger partial charge in [-0.25, -0.2) is 0 Å². The molecule has 0 aliphatic rings. The van der Waals surface area contributed by atoms with Gasteiger partial charge in [-0.05, 0) is 37.3 Å². The molecule has 22 heavy (non-hydrogen) atoms. The normalized spacial score (nSPS) is 10.3. The molecule has 1 heterocycles. The predicted octanol–water partition coefficient (Wildman–Crippen LogP) is 2.03. The van der Waals surface area contributed by atoms with E-state index >= 15 is 0 Å². The van der Waals surface area contributed by atoms with E-state index in [0.717, 1.165) is 11.4 Å². The fraction of sp³-hybridized carbons (Fsp3) is 0.250. The van der Waals surface area contributed by atoms with Gasteiger partial charge in [0.25, 0.3) is 5.91 Å². The lowest BCUT2D eigenvalue weighted by Gasteiger charge is -2.08. The van der Waals surface area contributed by atoms with Gasteiger partial charge in [0, 0.05) is 29.0 Å². The number of hydrogen-bond donors (Lipinski definition) is 2. The van der Waals surface area contributed by atoms with Gasteiger partial charge in [0.15, 0.2) is 0 Å². The van der Waals surface area contributed by atoms with Gasteiger partial charge in [-0.2, -0.15) is 0 Å². The first kappa shape index (κ1) is 16.1. The Morgan fingerprint density at radius 3 is 2.59 bits per heavy atom. The van der Waals surface area contributed by atoms with E-state index < -0.39 is 0 Å². The van der Waals surface area contributed by atoms with Crippen LogP contribution in [0.5, 0.6) is 0 Å². The Kier molecular flexibility index (Phi) is 5.22. The molecule has 0 aliphatic heterocycles. The number of carbonyl (C=O) groups excluding carboxylic acids is 2. The van der Waals surface area contributed by atoms with E-state index in [-0.39, 0.29) is 18.4 Å². The van der Waals surface area contributed by atoms with E-state index in [1.165, 1.54) is 0 Å². The molecule has 116 valence electrons. The molecule has 2 aromatic rings. The Bertz CT molecular complexity index is 694. The van der Waals surface area contributed by atoms with Crippen LogP contribution in [0.1, 0.15) is 21.7 Å². The van der Waals surface area contributed by atoms with Crippen molar-refractivity contribution in [2.24, 2.45) is 7.05 Å². The number of rotatable bonds is 5. The molecule has 1 aromatic carbocycles. The van der Waals surface area contributed by atoms with E-state index in [0.29, 0.717) is 17.1 Å². The monoisotopic (exact) mass is 319 g/mol. The highest BCUT2D eigenvalue weighted by Crippen LogP contribution is 2.10. The highest BCUT2D eigenvalue weighted by Gasteiger charge is 2.09. The van der Waals surface area contributed by atoms with Crippen molar-refractivity contribution in [1.82, 2.24) is 15.2 Å². The molecule has 0 bridgehead atoms. The maximum absolute atomic E-state index is 11.9. The van der Waals surface area contributed by atoms with Crippen LogP contribution in [0.2, 0.25) is 5.02 Å². The van der Waals surface area contributed by atoms with Crippen molar-refractivity contribution in [2.45, 2.75) is 13.5 Å². The predicted molar refractivity (Wildman–Crippen MR) is 85.8 cm³/mol. The number of carbonyl (C=O) groups is 2. The number of aryl methyl sites for hydroxylation is 1. The Morgan fingerprint density at radius 2 is 1.95 bits per heavy atom. The largest absolute Gasteiger partial charge is 0.350 e. The van der Waals surface area contributed by atoms with Crippen molar-refractivity contribution in [1.29, 1.82) is 0 Å². The SMILES string of the molecule is Cc1ccc(CNC(=O)CNC(=O)c2cccc(Cl)c2)n1C. The van der Waals surface area contributed by atoms with Crippen LogP contribution in [-0.2, 0) is 18.4 Å². The first-order valence-corrected chi connectivity index (χ1v) is 7.27. The highest BCUT2D eigenvalue weighted by atomic mass is 35.5. The summed E-state index contributed by atoms with van der Waals surface area (Å²) in [5.74, 6) is -0.568. The first-order valence-electron chi connectivity index (χ1n) is 6.89. The zero-order valence-electron chi connectivity index (χ0n) is 12.5. The number of aromatic nitrogens is 1. The summed E-state index contributed by atoms with van der Waals surface area (Å²) in [5, 5.41) is 5.82. The van der Waals surface area contributed by atoms with Gasteiger partial charge in [-0.1, -0.05) is 17.7 Å². The van der Waals surface area contributed by atoms with Crippen LogP contribution in [0.3, 0.4) is 0 Å². The first-order chi connectivity index (χ1) is 10.5. The second kappa shape index (κ2) is 7.13. The quantitative estimate of drug-likeness (QED) is 0.886. The Labute approximate surface area is 134 Å². The molecule has 0 atom stereocenters. The number of nitrogens with one attached hydrogen (secondary N) is 2. The Morgan fingerprint density at radius 1 is 1.18 bits per heavy atom. The van der Waals surface area contributed by atoms with Crippen LogP contribution < -0.4 is 10.6 Å². The summed E-state index contributed by atoms with van der Waals surface area (Å²) in [6.45, 7) is 2.35. The minimum atomic E-state index is -0.327. The van der Waals surface area contributed by atoms with Crippen molar-refractivity contribution in [3.63, 3.8) is 0 Å². The van der Waals surface area contributed by atoms with Gasteiger partial charge in [-0.3, -0.25) is 9.59 Å². The van der Waals surface area contributed by atoms with E-state index in [2.05, 4.69) is 10.6 Å². The molecule has 0 saturated heterocycles. The van der Waals surface area contributed by atoms with Gasteiger partial charge in [-0.15, -0.1) is 0 Å². The van der Waals surface area contributed by atoms with Crippen LogP contribution >= 0.6 is 11.6 Å². The molecule has 0 spiro atoms. The third-order valence-corrected chi connectivity index (χ3v) is 3.67. The summed E-state index contributed by atoms with van der Waals surface area (Å²) in [5.41, 5.74) is 2.56. The van der Waals surface area contributed by atoms with Crippen molar-refractivity contribution in [3.05, 3.63) is 58.4 Å². The number of nitrogens with zero attached hydrogens (tertiary/aromatic N) is 1. The molecule has 0 fully saturated rings. The average molecular weight is 320 g/mol. The van der Waals surface area contributed by atoms with Crippen LogP contribution in [0.4, 0.5) is 0 Å². The fourth-order valence-corrected chi connectivity index (χ4v) is 2.18. The summed E-state index contributed by atoms with van der Waals surface area (Å²) >= 11 is 5.82. The standard InChI is InChI=1S/C16H18ClN3O2/c1-11-6-7-14(20(11)2)9-18-15(21)10-19-16(22)12-4-3-5-13(17)8-12/h3-8H,9-10H2,1-2H3,(H,18,21)(H,19,22). The number of hydrogen-bond acceptors (Lipinski definition) is 2.